The molecule has 5 heteroatoms. The van der Waals surface area contributed by atoms with Crippen molar-refractivity contribution in [3.8, 4) is 5.75 Å². The molecule has 1 spiro atoms. The summed E-state index contributed by atoms with van der Waals surface area (Å²) in [6.45, 7) is 3.29. The van der Waals surface area contributed by atoms with Gasteiger partial charge in [0.15, 0.2) is 0 Å². The van der Waals surface area contributed by atoms with Gasteiger partial charge in [0.25, 0.3) is 0 Å². The van der Waals surface area contributed by atoms with E-state index < -0.39 is 0 Å². The van der Waals surface area contributed by atoms with Crippen molar-refractivity contribution >= 4 is 6.03 Å². The van der Waals surface area contributed by atoms with Crippen molar-refractivity contribution in [2.75, 3.05) is 13.7 Å². The number of benzene rings is 2. The number of hydrogen-bond acceptors (Lipinski definition) is 3. The fraction of sp³-hybridized carbons (Fsp3) is 0.458. The predicted molar refractivity (Wildman–Crippen MR) is 115 cm³/mol. The number of ether oxygens (including phenoxy) is 1. The number of carbonyl (C=O) groups is 1. The van der Waals surface area contributed by atoms with Crippen LogP contribution in [0.4, 0.5) is 4.79 Å². The highest BCUT2D eigenvalue weighted by Gasteiger charge is 2.55. The molecule has 1 saturated heterocycles. The molecule has 4 rings (SSSR count). The summed E-state index contributed by atoms with van der Waals surface area (Å²) in [6.07, 6.45) is 3.75. The van der Waals surface area contributed by atoms with Crippen molar-refractivity contribution < 1.29 is 9.53 Å². The number of rotatable bonds is 5. The summed E-state index contributed by atoms with van der Waals surface area (Å²) in [7, 11) is 1.66. The Bertz CT molecular complexity index is 829. The van der Waals surface area contributed by atoms with Gasteiger partial charge >= 0.3 is 6.03 Å². The van der Waals surface area contributed by atoms with Crippen molar-refractivity contribution in [1.29, 1.82) is 0 Å². The predicted octanol–water partition coefficient (Wildman–Crippen LogP) is 4.33. The number of carbonyl (C=O) groups excluding carboxylic acids is 1. The quantitative estimate of drug-likeness (QED) is 0.822. The van der Waals surface area contributed by atoms with Crippen LogP contribution in [-0.4, -0.2) is 41.2 Å². The highest BCUT2D eigenvalue weighted by Crippen LogP contribution is 2.46. The smallest absolute Gasteiger partial charge is 0.322 e. The molecule has 2 aromatic rings. The lowest BCUT2D eigenvalue weighted by Crippen LogP contribution is -2.57. The molecule has 29 heavy (non-hydrogen) atoms. The largest absolute Gasteiger partial charge is 0.497 e. The third kappa shape index (κ3) is 3.48. The normalized spacial score (nSPS) is 26.9. The summed E-state index contributed by atoms with van der Waals surface area (Å²) in [6, 6.07) is 18.7. The van der Waals surface area contributed by atoms with Gasteiger partial charge in [-0.05, 0) is 61.8 Å². The Morgan fingerprint density at radius 3 is 2.31 bits per heavy atom. The van der Waals surface area contributed by atoms with Gasteiger partial charge in [0.1, 0.15) is 11.9 Å². The van der Waals surface area contributed by atoms with E-state index >= 15 is 0 Å². The first-order chi connectivity index (χ1) is 14.1. The molecule has 2 aromatic carbocycles. The van der Waals surface area contributed by atoms with E-state index in [4.69, 9.17) is 10.5 Å². The Morgan fingerprint density at radius 2 is 1.72 bits per heavy atom. The van der Waals surface area contributed by atoms with Gasteiger partial charge < -0.3 is 20.3 Å². The third-order valence-electron chi connectivity index (χ3n) is 6.85. The number of nitrogens with two attached hydrogens (primary N) is 1. The van der Waals surface area contributed by atoms with Gasteiger partial charge in [-0.15, -0.1) is 0 Å². The lowest BCUT2D eigenvalue weighted by molar-refractivity contribution is 0.0846. The monoisotopic (exact) mass is 393 g/mol. The first-order valence-corrected chi connectivity index (χ1v) is 10.6. The van der Waals surface area contributed by atoms with Gasteiger partial charge in [0.05, 0.1) is 12.6 Å². The summed E-state index contributed by atoms with van der Waals surface area (Å²) in [5.74, 6) is 1.37. The maximum Gasteiger partial charge on any atom is 0.322 e. The van der Waals surface area contributed by atoms with Crippen LogP contribution in [0.1, 0.15) is 49.7 Å². The molecule has 154 valence electrons. The number of likely N-dealkylation sites (N-methyl/N-ethyl adjacent to an activating group) is 1. The van der Waals surface area contributed by atoms with Crippen LogP contribution in [0.2, 0.25) is 0 Å². The molecule has 2 aliphatic rings. The highest BCUT2D eigenvalue weighted by atomic mass is 16.5. The number of hydrogen-bond donors (Lipinski definition) is 1. The van der Waals surface area contributed by atoms with Crippen molar-refractivity contribution in [2.45, 2.75) is 56.8 Å². The van der Waals surface area contributed by atoms with Crippen LogP contribution in [0.3, 0.4) is 0 Å². The minimum atomic E-state index is -0.284. The van der Waals surface area contributed by atoms with Gasteiger partial charge in [-0.25, -0.2) is 4.79 Å². The van der Waals surface area contributed by atoms with E-state index in [9.17, 15) is 4.79 Å². The summed E-state index contributed by atoms with van der Waals surface area (Å²) in [4.78, 5) is 17.1. The molecule has 0 aromatic heterocycles. The van der Waals surface area contributed by atoms with Crippen molar-refractivity contribution in [3.63, 3.8) is 0 Å². The number of nitrogens with zero attached hydrogens (tertiary/aromatic N) is 2. The lowest BCUT2D eigenvalue weighted by Gasteiger charge is -2.44. The van der Waals surface area contributed by atoms with Gasteiger partial charge in [0, 0.05) is 13.1 Å². The van der Waals surface area contributed by atoms with Crippen LogP contribution in [-0.2, 0) is 6.54 Å². The maximum absolute atomic E-state index is 13.2. The Morgan fingerprint density at radius 1 is 1.07 bits per heavy atom. The first kappa shape index (κ1) is 19.8. The van der Waals surface area contributed by atoms with Gasteiger partial charge in [-0.1, -0.05) is 42.5 Å². The van der Waals surface area contributed by atoms with Crippen LogP contribution in [0, 0.1) is 0 Å². The first-order valence-electron chi connectivity index (χ1n) is 10.6. The van der Waals surface area contributed by atoms with Gasteiger partial charge in [0.2, 0.25) is 0 Å². The zero-order chi connectivity index (χ0) is 20.4. The van der Waals surface area contributed by atoms with Crippen LogP contribution < -0.4 is 10.5 Å². The van der Waals surface area contributed by atoms with Gasteiger partial charge in [-0.3, -0.25) is 0 Å². The van der Waals surface area contributed by atoms with Crippen molar-refractivity contribution in [3.05, 3.63) is 65.7 Å². The number of amides is 2. The molecule has 1 aliphatic carbocycles. The van der Waals surface area contributed by atoms with Crippen molar-refractivity contribution in [1.82, 2.24) is 9.80 Å². The molecule has 1 saturated carbocycles. The van der Waals surface area contributed by atoms with E-state index in [1.54, 1.807) is 7.11 Å². The second-order valence-corrected chi connectivity index (χ2v) is 8.24. The molecule has 1 aliphatic heterocycles. The fourth-order valence-electron chi connectivity index (χ4n) is 5.20. The molecular formula is C24H31N3O2. The summed E-state index contributed by atoms with van der Waals surface area (Å²) >= 11 is 0. The van der Waals surface area contributed by atoms with E-state index in [0.717, 1.165) is 37.0 Å². The second kappa shape index (κ2) is 8.07. The number of methoxy groups -OCH3 is 1. The Kier molecular flexibility index (Phi) is 5.50. The third-order valence-corrected chi connectivity index (χ3v) is 6.85. The topological polar surface area (TPSA) is 58.8 Å². The summed E-state index contributed by atoms with van der Waals surface area (Å²) in [5.41, 5.74) is 8.98. The molecule has 0 bridgehead atoms. The van der Waals surface area contributed by atoms with Gasteiger partial charge in [-0.2, -0.15) is 0 Å². The molecule has 5 nitrogen and oxygen atoms in total. The van der Waals surface area contributed by atoms with E-state index in [0.29, 0.717) is 19.0 Å². The molecule has 2 N–H and O–H groups in total. The SMILES string of the molecule is CCN1C(=O)N(Cc2ccc(OC)cc2)C(N)C12CCC(c1ccccc1)CC2. The minimum Gasteiger partial charge on any atom is -0.497 e. The molecular weight excluding hydrogens is 362 g/mol. The van der Waals surface area contributed by atoms with Crippen LogP contribution in [0.15, 0.2) is 54.6 Å². The maximum atomic E-state index is 13.2. The molecule has 2 fully saturated rings. The fourth-order valence-corrected chi connectivity index (χ4v) is 5.20. The van der Waals surface area contributed by atoms with Crippen LogP contribution >= 0.6 is 0 Å². The second-order valence-electron chi connectivity index (χ2n) is 8.24. The average Bonchev–Trinajstić information content (AvgIpc) is 2.96. The van der Waals surface area contributed by atoms with Crippen molar-refractivity contribution in [2.24, 2.45) is 5.73 Å². The summed E-state index contributed by atoms with van der Waals surface area (Å²) < 4.78 is 5.24. The molecule has 1 heterocycles. The minimum absolute atomic E-state index is 0.0639. The molecule has 2 amide bonds. The Hall–Kier alpha value is -2.53. The van der Waals surface area contributed by atoms with Crippen LogP contribution in [0.5, 0.6) is 5.75 Å². The highest BCUT2D eigenvalue weighted by molar-refractivity contribution is 5.79. The Labute approximate surface area is 173 Å². The van der Waals surface area contributed by atoms with E-state index in [-0.39, 0.29) is 17.7 Å². The zero-order valence-electron chi connectivity index (χ0n) is 17.4. The standard InChI is InChI=1S/C24H31N3O2/c1-3-27-23(28)26(17-18-9-11-21(29-2)12-10-18)22(25)24(27)15-13-20(14-16-24)19-7-5-4-6-8-19/h4-12,20,22H,3,13-17,25H2,1-2H3. The average molecular weight is 394 g/mol. The van der Waals surface area contributed by atoms with E-state index in [1.165, 1.54) is 5.56 Å². The van der Waals surface area contributed by atoms with E-state index in [1.807, 2.05) is 34.1 Å². The van der Waals surface area contributed by atoms with Crippen LogP contribution in [0.25, 0.3) is 0 Å². The van der Waals surface area contributed by atoms with E-state index in [2.05, 4.69) is 37.3 Å². The Balaban J connectivity index is 1.52. The molecule has 0 radical (unpaired) electrons. The number of urea groups is 1. The zero-order valence-corrected chi connectivity index (χ0v) is 17.4. The molecule has 1 atom stereocenters. The lowest BCUT2D eigenvalue weighted by atomic mass is 9.72. The molecule has 1 unspecified atom stereocenters. The summed E-state index contributed by atoms with van der Waals surface area (Å²) in [5, 5.41) is 0.